The lowest BCUT2D eigenvalue weighted by atomic mass is 9.88. The van der Waals surface area contributed by atoms with E-state index in [1.807, 2.05) is 103 Å². The van der Waals surface area contributed by atoms with Gasteiger partial charge in [0.15, 0.2) is 0 Å². The number of rotatable bonds is 33. The number of carboxylic acid groups (broad SMARTS) is 1. The zero-order valence-electron chi connectivity index (χ0n) is 65.4. The van der Waals surface area contributed by atoms with Crippen LogP contribution in [0, 0.1) is 29.1 Å². The van der Waals surface area contributed by atoms with Gasteiger partial charge < -0.3 is 56.4 Å². The topological polar surface area (TPSA) is 368 Å². The number of alkyl halides is 1. The van der Waals surface area contributed by atoms with Gasteiger partial charge in [0, 0.05) is 91.5 Å². The number of aliphatic hydroxyl groups is 1. The Labute approximate surface area is 632 Å². The van der Waals surface area contributed by atoms with Crippen LogP contribution in [0.25, 0.3) is 0 Å². The van der Waals surface area contributed by atoms with Crippen LogP contribution >= 0.6 is 0 Å². The molecule has 0 saturated carbocycles. The first-order chi connectivity index (χ1) is 49.6. The van der Waals surface area contributed by atoms with Gasteiger partial charge >= 0.3 is 23.9 Å². The predicted molar refractivity (Wildman–Crippen MR) is 392 cm³/mol. The SMILES string of the molecule is CC(C)(C)c1cccc(C(C)(C)C)n1.CN(C)CCCC(=O)OCc1ccccc1.CO.C[N+](C)(CCCC(=O)O)CCCS(=O)(=O)[O-].C[N+](C)(CCCC(=O)OCc1ccccc1)CCCS(=O)(=O)[O-].C[N+](C)(CCCC(=O)Oc1c(F)c(F)c(F)c(F)c1F)CCCS(=O)(=O)[O-].O=S1(=O)CCCO1.[2H]CF. The summed E-state index contributed by atoms with van der Waals surface area (Å²) in [5.74, 6) is -16.3. The summed E-state index contributed by atoms with van der Waals surface area (Å²) in [5, 5.41) is 15.5. The van der Waals surface area contributed by atoms with E-state index in [0.717, 1.165) is 37.7 Å². The highest BCUT2D eigenvalue weighted by molar-refractivity contribution is 7.87. The second-order valence-electron chi connectivity index (χ2n) is 28.6. The Balaban J connectivity index is -0.00000125. The number of hydrogen-bond donors (Lipinski definition) is 2. The molecule has 616 valence electrons. The van der Waals surface area contributed by atoms with Gasteiger partial charge in [0.1, 0.15) is 13.2 Å². The van der Waals surface area contributed by atoms with E-state index in [9.17, 15) is 92.9 Å². The highest BCUT2D eigenvalue weighted by Gasteiger charge is 2.29. The molecule has 36 heteroatoms. The Morgan fingerprint density at radius 2 is 0.860 bits per heavy atom. The standard InChI is InChI=1S/C16H25NO5S.C15H18F5NO5S.C13H19NO2.C13H21N.C9H19NO5S.C3H6O3S.CH3F.CH4O/c1-17(2,12-7-13-23(19,20)21)11-6-10-16(18)22-14-15-8-4-3-5-9-15;1-21(2,7-4-8-27(23,24)25)6-3-5-9(22)26-15-13(19)11(17)10(16)12(18)14(15)20;1-14(2)10-6-9-13(15)16-11-12-7-4-3-5-8-12;1-12(2,3)10-8-7-9-11(14-10)13(4,5)6;1-10(2,6-3-5-9(11)12)7-4-8-16(13,14)15;4-7(5)3-1-2-6-7;2*1-2/h3-5,8-9H,6-7,10-14H2,1-2H3;3-8H2,1-2H3;3-5,7-8H,6,9-11H2,1-2H3;7-9H,1-6H3;3-8H2,1-2H3,(H-,11,12,13,14,15);1-3H2;1H3;2H,1H3/i;;;;;;1D;. The summed E-state index contributed by atoms with van der Waals surface area (Å²) in [6.45, 7) is 18.3. The highest BCUT2D eigenvalue weighted by atomic mass is 32.2. The minimum absolute atomic E-state index is 0.105. The fraction of sp³-hybridized carbons (Fsp3) is 0.620. The van der Waals surface area contributed by atoms with Gasteiger partial charge in [-0.3, -0.25) is 32.7 Å². The molecule has 1 aliphatic rings. The zero-order chi connectivity index (χ0) is 84.0. The Morgan fingerprint density at radius 1 is 0.542 bits per heavy atom. The molecule has 0 atom stereocenters. The van der Waals surface area contributed by atoms with Crippen LogP contribution in [0.4, 0.5) is 26.3 Å². The van der Waals surface area contributed by atoms with Crippen molar-refractivity contribution in [2.45, 2.75) is 143 Å². The van der Waals surface area contributed by atoms with Crippen LogP contribution in [0.1, 0.15) is 142 Å². The summed E-state index contributed by atoms with van der Waals surface area (Å²) in [7, 11) is -0.584. The fourth-order valence-corrected chi connectivity index (χ4v) is 11.5. The number of esters is 3. The quantitative estimate of drug-likeness (QED) is 0.00655. The van der Waals surface area contributed by atoms with E-state index in [2.05, 4.69) is 73.6 Å². The molecule has 3 aromatic carbocycles. The largest absolute Gasteiger partial charge is 0.748 e. The van der Waals surface area contributed by atoms with E-state index in [0.29, 0.717) is 99.8 Å². The van der Waals surface area contributed by atoms with Crippen LogP contribution in [-0.2, 0) is 97.4 Å². The lowest BCUT2D eigenvalue weighted by Gasteiger charge is -2.30. The van der Waals surface area contributed by atoms with E-state index in [-0.39, 0.29) is 76.8 Å². The van der Waals surface area contributed by atoms with Gasteiger partial charge in [-0.15, -0.1) is 0 Å². The van der Waals surface area contributed by atoms with Crippen LogP contribution < -0.4 is 4.74 Å². The molecule has 1 aromatic heterocycles. The summed E-state index contributed by atoms with van der Waals surface area (Å²) in [5.41, 5.74) is 4.61. The van der Waals surface area contributed by atoms with Gasteiger partial charge in [0.2, 0.25) is 34.8 Å². The summed E-state index contributed by atoms with van der Waals surface area (Å²) in [6, 6.07) is 25.5. The molecule has 0 unspecified atom stereocenters. The number of nitrogens with zero attached hydrogens (tertiary/aromatic N) is 5. The number of carbonyl (C=O) groups is 4. The van der Waals surface area contributed by atoms with E-state index >= 15 is 0 Å². The average molecular weight is 1620 g/mol. The molecule has 1 fully saturated rings. The predicted octanol–water partition coefficient (Wildman–Crippen LogP) is 9.14. The van der Waals surface area contributed by atoms with Crippen molar-refractivity contribution in [3.63, 3.8) is 0 Å². The molecule has 0 radical (unpaired) electrons. The van der Waals surface area contributed by atoms with Gasteiger partial charge in [-0.25, -0.2) is 38.4 Å². The normalized spacial score (nSPS) is 12.9. The smallest absolute Gasteiger partial charge is 0.311 e. The van der Waals surface area contributed by atoms with Gasteiger partial charge in [-0.2, -0.15) is 17.2 Å². The minimum atomic E-state index is -4.33. The average Bonchev–Trinajstić information content (AvgIpc) is 0.888. The lowest BCUT2D eigenvalue weighted by Crippen LogP contribution is -2.42. The zero-order valence-corrected chi connectivity index (χ0v) is 67.7. The molecule has 26 nitrogen and oxygen atoms in total. The molecule has 2 heterocycles. The highest BCUT2D eigenvalue weighted by Crippen LogP contribution is 2.30. The first-order valence-electron chi connectivity index (χ1n) is 34.7. The van der Waals surface area contributed by atoms with Crippen molar-refractivity contribution in [1.82, 2.24) is 9.88 Å². The first-order valence-corrected chi connectivity index (χ1v) is 40.3. The number of benzene rings is 3. The molecule has 1 saturated heterocycles. The molecule has 1 aliphatic heterocycles. The van der Waals surface area contributed by atoms with Crippen molar-refractivity contribution in [2.24, 2.45) is 0 Å². The Hall–Kier alpha value is -6.29. The summed E-state index contributed by atoms with van der Waals surface area (Å²) < 4.78 is 217. The molecular weight excluding hydrogens is 1500 g/mol. The molecule has 5 rings (SSSR count). The summed E-state index contributed by atoms with van der Waals surface area (Å²) in [6.07, 6.45) is 4.14. The summed E-state index contributed by atoms with van der Waals surface area (Å²) in [4.78, 5) is 51.8. The molecular formula is C71H115F6N5O21S4. The van der Waals surface area contributed by atoms with Crippen molar-refractivity contribution in [3.05, 3.63) is 130 Å². The third-order valence-electron chi connectivity index (χ3n) is 14.9. The Morgan fingerprint density at radius 3 is 1.15 bits per heavy atom. The van der Waals surface area contributed by atoms with Gasteiger partial charge in [-0.05, 0) is 56.7 Å². The molecule has 4 aromatic rings. The van der Waals surface area contributed by atoms with E-state index in [1.165, 1.54) is 11.4 Å². The van der Waals surface area contributed by atoms with Crippen molar-refractivity contribution in [3.8, 4) is 5.75 Å². The fourth-order valence-electron chi connectivity index (χ4n) is 9.05. The third kappa shape index (κ3) is 56.6. The minimum Gasteiger partial charge on any atom is -0.748 e. The lowest BCUT2D eigenvalue weighted by molar-refractivity contribution is -0.890. The van der Waals surface area contributed by atoms with Crippen LogP contribution in [-0.4, -0.2) is 251 Å². The maximum atomic E-state index is 13.4. The van der Waals surface area contributed by atoms with Crippen molar-refractivity contribution in [2.75, 3.05) is 146 Å². The van der Waals surface area contributed by atoms with Gasteiger partial charge in [0.25, 0.3) is 10.1 Å². The molecule has 0 amide bonds. The Kier molecular flexibility index (Phi) is 49.9. The maximum absolute atomic E-state index is 13.4. The number of halogens is 6. The molecule has 0 bridgehead atoms. The van der Waals surface area contributed by atoms with Crippen molar-refractivity contribution in [1.29, 1.82) is 0 Å². The second kappa shape index (κ2) is 52.0. The molecule has 107 heavy (non-hydrogen) atoms. The van der Waals surface area contributed by atoms with E-state index in [1.54, 1.807) is 14.1 Å². The number of aromatic nitrogens is 1. The first kappa shape index (κ1) is 103. The van der Waals surface area contributed by atoms with Crippen molar-refractivity contribution < 1.29 is 136 Å². The monoisotopic (exact) mass is 1620 g/mol. The van der Waals surface area contributed by atoms with Crippen molar-refractivity contribution >= 4 is 64.3 Å². The van der Waals surface area contributed by atoms with E-state index < -0.39 is 100 Å². The number of carbonyl (C=O) groups excluding carboxylic acids is 3. The van der Waals surface area contributed by atoms with Gasteiger partial charge in [0.05, 0.1) is 152 Å². The number of carboxylic acids is 1. The number of ether oxygens (including phenoxy) is 3. The van der Waals surface area contributed by atoms with Crippen LogP contribution in [0.5, 0.6) is 5.75 Å². The van der Waals surface area contributed by atoms with Gasteiger partial charge in [-0.1, -0.05) is 108 Å². The molecule has 0 aliphatic carbocycles. The van der Waals surface area contributed by atoms with Crippen LogP contribution in [0.2, 0.25) is 0 Å². The van der Waals surface area contributed by atoms with E-state index in [4.69, 9.17) is 26.0 Å². The summed E-state index contributed by atoms with van der Waals surface area (Å²) >= 11 is 0. The number of quaternary nitrogens is 3. The third-order valence-corrected chi connectivity index (χ3v) is 18.5. The molecule has 2 N–H and O–H groups in total. The number of aliphatic hydroxyl groups excluding tert-OH is 1. The Bertz CT molecular complexity index is 3660. The molecule has 0 spiro atoms. The number of aliphatic carboxylic acids is 1. The van der Waals surface area contributed by atoms with Crippen LogP contribution in [0.15, 0.2) is 78.9 Å². The number of hydrogen-bond acceptors (Lipinski definition) is 22. The maximum Gasteiger partial charge on any atom is 0.311 e. The number of pyridine rings is 1. The van der Waals surface area contributed by atoms with Crippen LogP contribution in [0.3, 0.4) is 0 Å². The second-order valence-corrected chi connectivity index (χ2v) is 34.9.